The number of hydrogen-bond donors (Lipinski definition) is 0. The molecule has 0 radical (unpaired) electrons. The molecule has 1 saturated carbocycles. The summed E-state index contributed by atoms with van der Waals surface area (Å²) in [5.41, 5.74) is 7.08. The van der Waals surface area contributed by atoms with Crippen molar-refractivity contribution in [1.29, 1.82) is 0 Å². The third-order valence-electron chi connectivity index (χ3n) is 5.61. The Hall–Kier alpha value is -2.08. The quantitative estimate of drug-likeness (QED) is 0.494. The fourth-order valence-corrected chi connectivity index (χ4v) is 3.98. The molecule has 1 aliphatic carbocycles. The molecule has 0 amide bonds. The Morgan fingerprint density at radius 2 is 1.62 bits per heavy atom. The van der Waals surface area contributed by atoms with Gasteiger partial charge in [0, 0.05) is 0 Å². The van der Waals surface area contributed by atoms with Crippen LogP contribution in [0.5, 0.6) is 0 Å². The minimum Gasteiger partial charge on any atom is -0.100 e. The van der Waals surface area contributed by atoms with Crippen LogP contribution in [0.1, 0.15) is 67.2 Å². The van der Waals surface area contributed by atoms with Gasteiger partial charge >= 0.3 is 0 Å². The molecule has 0 unspecified atom stereocenters. The SMILES string of the molecule is C=C(C)CC1CCC(c2cccc(C)c2C)CC1.C=Cc1ccccc1. The Kier molecular flexibility index (Phi) is 7.91. The van der Waals surface area contributed by atoms with E-state index in [1.807, 2.05) is 36.4 Å². The molecule has 2 aromatic rings. The lowest BCUT2D eigenvalue weighted by Crippen LogP contribution is -2.14. The molecule has 26 heavy (non-hydrogen) atoms. The monoisotopic (exact) mass is 346 g/mol. The van der Waals surface area contributed by atoms with Crippen molar-refractivity contribution < 1.29 is 0 Å². The Morgan fingerprint density at radius 3 is 2.15 bits per heavy atom. The predicted molar refractivity (Wildman–Crippen MR) is 117 cm³/mol. The molecule has 1 aliphatic rings. The van der Waals surface area contributed by atoms with Gasteiger partial charge < -0.3 is 0 Å². The molecule has 3 rings (SSSR count). The number of benzene rings is 2. The normalized spacial score (nSPS) is 19.2. The van der Waals surface area contributed by atoms with Crippen LogP contribution in [0.25, 0.3) is 6.08 Å². The maximum atomic E-state index is 4.05. The van der Waals surface area contributed by atoms with E-state index in [0.717, 1.165) is 11.8 Å². The van der Waals surface area contributed by atoms with Gasteiger partial charge in [-0.15, -0.1) is 6.58 Å². The standard InChI is InChI=1S/C18H26.C8H8/c1-13(2)12-16-8-10-17(11-9-16)18-7-5-6-14(3)15(18)4;1-2-8-6-4-3-5-7-8/h5-7,16-17H,1,8-12H2,2-4H3;2-7H,1H2. The highest BCUT2D eigenvalue weighted by Gasteiger charge is 2.23. The second-order valence-corrected chi connectivity index (χ2v) is 7.78. The highest BCUT2D eigenvalue weighted by atomic mass is 14.3. The van der Waals surface area contributed by atoms with Crippen LogP contribution in [-0.2, 0) is 0 Å². The largest absolute Gasteiger partial charge is 0.100 e. The van der Waals surface area contributed by atoms with Crippen LogP contribution >= 0.6 is 0 Å². The molecular weight excluding hydrogens is 312 g/mol. The lowest BCUT2D eigenvalue weighted by atomic mass is 9.75. The zero-order valence-electron chi connectivity index (χ0n) is 16.8. The van der Waals surface area contributed by atoms with Gasteiger partial charge in [0.1, 0.15) is 0 Å². The zero-order valence-corrected chi connectivity index (χ0v) is 16.8. The van der Waals surface area contributed by atoms with Gasteiger partial charge in [0.2, 0.25) is 0 Å². The van der Waals surface area contributed by atoms with E-state index >= 15 is 0 Å². The third-order valence-corrected chi connectivity index (χ3v) is 5.61. The molecule has 0 aliphatic heterocycles. The molecule has 0 nitrogen and oxygen atoms in total. The van der Waals surface area contributed by atoms with E-state index in [2.05, 4.69) is 52.1 Å². The number of allylic oxidation sites excluding steroid dienone is 1. The molecule has 138 valence electrons. The van der Waals surface area contributed by atoms with E-state index in [-0.39, 0.29) is 0 Å². The van der Waals surface area contributed by atoms with E-state index in [1.54, 1.807) is 5.56 Å². The molecule has 0 atom stereocenters. The third kappa shape index (κ3) is 6.02. The fourth-order valence-electron chi connectivity index (χ4n) is 3.98. The second kappa shape index (κ2) is 10.2. The van der Waals surface area contributed by atoms with Crippen LogP contribution in [0.4, 0.5) is 0 Å². The Bertz CT molecular complexity index is 700. The number of hydrogen-bond acceptors (Lipinski definition) is 0. The highest BCUT2D eigenvalue weighted by molar-refractivity contribution is 5.45. The van der Waals surface area contributed by atoms with E-state index in [1.165, 1.54) is 54.4 Å². The predicted octanol–water partition coefficient (Wildman–Crippen LogP) is 7.87. The van der Waals surface area contributed by atoms with Crippen LogP contribution in [0.3, 0.4) is 0 Å². The first-order valence-corrected chi connectivity index (χ1v) is 9.89. The van der Waals surface area contributed by atoms with Gasteiger partial charge in [-0.2, -0.15) is 0 Å². The highest BCUT2D eigenvalue weighted by Crippen LogP contribution is 2.39. The number of rotatable bonds is 4. The summed E-state index contributed by atoms with van der Waals surface area (Å²) >= 11 is 0. The number of aryl methyl sites for hydroxylation is 1. The summed E-state index contributed by atoms with van der Waals surface area (Å²) in [4.78, 5) is 0. The van der Waals surface area contributed by atoms with Crippen molar-refractivity contribution in [2.75, 3.05) is 0 Å². The van der Waals surface area contributed by atoms with Crippen molar-refractivity contribution in [1.82, 2.24) is 0 Å². The summed E-state index contributed by atoms with van der Waals surface area (Å²) in [7, 11) is 0. The van der Waals surface area contributed by atoms with Crippen molar-refractivity contribution in [3.8, 4) is 0 Å². The molecule has 1 fully saturated rings. The minimum atomic E-state index is 0.797. The van der Waals surface area contributed by atoms with E-state index in [4.69, 9.17) is 0 Å². The first kappa shape index (κ1) is 20.2. The summed E-state index contributed by atoms with van der Waals surface area (Å²) in [5, 5.41) is 0. The van der Waals surface area contributed by atoms with Crippen molar-refractivity contribution in [2.45, 2.75) is 58.8 Å². The van der Waals surface area contributed by atoms with Crippen molar-refractivity contribution in [2.24, 2.45) is 5.92 Å². The summed E-state index contributed by atoms with van der Waals surface area (Å²) in [5.74, 6) is 1.69. The van der Waals surface area contributed by atoms with Crippen LogP contribution in [0.2, 0.25) is 0 Å². The maximum absolute atomic E-state index is 4.05. The van der Waals surface area contributed by atoms with Gasteiger partial charge in [-0.25, -0.2) is 0 Å². The molecule has 0 N–H and O–H groups in total. The van der Waals surface area contributed by atoms with Gasteiger partial charge in [-0.05, 0) is 87.0 Å². The zero-order chi connectivity index (χ0) is 18.9. The molecule has 0 bridgehead atoms. The Balaban J connectivity index is 0.000000254. The topological polar surface area (TPSA) is 0 Å². The Morgan fingerprint density at radius 1 is 0.962 bits per heavy atom. The molecule has 0 heterocycles. The van der Waals surface area contributed by atoms with Gasteiger partial charge in [0.05, 0.1) is 0 Å². The first-order valence-electron chi connectivity index (χ1n) is 9.89. The van der Waals surface area contributed by atoms with Crippen LogP contribution in [0.15, 0.2) is 67.3 Å². The van der Waals surface area contributed by atoms with Gasteiger partial charge in [-0.3, -0.25) is 0 Å². The lowest BCUT2D eigenvalue weighted by molar-refractivity contribution is 0.323. The summed E-state index contributed by atoms with van der Waals surface area (Å²) < 4.78 is 0. The molecule has 2 aromatic carbocycles. The minimum absolute atomic E-state index is 0.797. The van der Waals surface area contributed by atoms with Crippen LogP contribution in [0, 0.1) is 19.8 Å². The molecule has 0 saturated heterocycles. The van der Waals surface area contributed by atoms with E-state index in [9.17, 15) is 0 Å². The van der Waals surface area contributed by atoms with Gasteiger partial charge in [-0.1, -0.05) is 66.8 Å². The van der Waals surface area contributed by atoms with Crippen molar-refractivity contribution in [3.63, 3.8) is 0 Å². The van der Waals surface area contributed by atoms with Gasteiger partial charge in [0.25, 0.3) is 0 Å². The average molecular weight is 347 g/mol. The van der Waals surface area contributed by atoms with Crippen LogP contribution in [-0.4, -0.2) is 0 Å². The van der Waals surface area contributed by atoms with Crippen molar-refractivity contribution in [3.05, 3.63) is 89.5 Å². The molecule has 0 spiro atoms. The molecular formula is C26H34. The van der Waals surface area contributed by atoms with Crippen LogP contribution < -0.4 is 0 Å². The molecule has 0 aromatic heterocycles. The van der Waals surface area contributed by atoms with Crippen molar-refractivity contribution >= 4 is 6.08 Å². The first-order chi connectivity index (χ1) is 12.5. The Labute approximate surface area is 160 Å². The molecule has 0 heteroatoms. The fraction of sp³-hybridized carbons (Fsp3) is 0.385. The summed E-state index contributed by atoms with van der Waals surface area (Å²) in [6.07, 6.45) is 8.56. The second-order valence-electron chi connectivity index (χ2n) is 7.78. The van der Waals surface area contributed by atoms with E-state index in [0.29, 0.717) is 0 Å². The smallest absolute Gasteiger partial charge is 0.0159 e. The van der Waals surface area contributed by atoms with E-state index < -0.39 is 0 Å². The average Bonchev–Trinajstić information content (AvgIpc) is 2.65. The maximum Gasteiger partial charge on any atom is -0.0159 e. The summed E-state index contributed by atoms with van der Waals surface area (Å²) in [6, 6.07) is 16.8. The lowest BCUT2D eigenvalue weighted by Gasteiger charge is -2.30. The summed E-state index contributed by atoms with van der Waals surface area (Å²) in [6.45, 7) is 14.4. The van der Waals surface area contributed by atoms with Gasteiger partial charge in [0.15, 0.2) is 0 Å².